The molecule has 3 nitrogen and oxygen atoms in total. The van der Waals surface area contributed by atoms with Crippen molar-refractivity contribution in [2.75, 3.05) is 18.9 Å². The topological polar surface area (TPSA) is 32.3 Å². The SMILES string of the molecule is Cc1cc(Br)ccc1NCC(=O)N(C)Cc1ccccc1. The van der Waals surface area contributed by atoms with E-state index in [-0.39, 0.29) is 5.91 Å². The normalized spacial score (nSPS) is 10.2. The van der Waals surface area contributed by atoms with E-state index in [9.17, 15) is 4.79 Å². The fourth-order valence-corrected chi connectivity index (χ4v) is 2.55. The number of carbonyl (C=O) groups is 1. The minimum Gasteiger partial charge on any atom is -0.376 e. The van der Waals surface area contributed by atoms with E-state index < -0.39 is 0 Å². The zero-order chi connectivity index (χ0) is 15.2. The molecular formula is C17H19BrN2O. The number of rotatable bonds is 5. The summed E-state index contributed by atoms with van der Waals surface area (Å²) in [5.41, 5.74) is 3.23. The molecule has 110 valence electrons. The number of hydrogen-bond acceptors (Lipinski definition) is 2. The molecule has 0 unspecified atom stereocenters. The first-order valence-electron chi connectivity index (χ1n) is 6.84. The summed E-state index contributed by atoms with van der Waals surface area (Å²) in [5, 5.41) is 3.19. The van der Waals surface area contributed by atoms with Gasteiger partial charge in [0.1, 0.15) is 0 Å². The Morgan fingerprint density at radius 2 is 1.90 bits per heavy atom. The number of aryl methyl sites for hydroxylation is 1. The Morgan fingerprint density at radius 1 is 1.19 bits per heavy atom. The number of hydrogen-bond donors (Lipinski definition) is 1. The molecule has 0 saturated carbocycles. The lowest BCUT2D eigenvalue weighted by molar-refractivity contribution is -0.128. The first kappa shape index (κ1) is 15.6. The first-order chi connectivity index (χ1) is 10.1. The minimum absolute atomic E-state index is 0.0705. The number of likely N-dealkylation sites (N-methyl/N-ethyl adjacent to an activating group) is 1. The van der Waals surface area contributed by atoms with Crippen LogP contribution in [0.4, 0.5) is 5.69 Å². The predicted molar refractivity (Wildman–Crippen MR) is 90.3 cm³/mol. The van der Waals surface area contributed by atoms with Gasteiger partial charge in [-0.1, -0.05) is 46.3 Å². The number of anilines is 1. The summed E-state index contributed by atoms with van der Waals surface area (Å²) in [7, 11) is 1.82. The van der Waals surface area contributed by atoms with Crippen LogP contribution in [0, 0.1) is 6.92 Å². The molecule has 0 spiro atoms. The van der Waals surface area contributed by atoms with Gasteiger partial charge in [0, 0.05) is 23.8 Å². The molecule has 2 aromatic carbocycles. The number of nitrogens with zero attached hydrogens (tertiary/aromatic N) is 1. The van der Waals surface area contributed by atoms with Crippen molar-refractivity contribution >= 4 is 27.5 Å². The predicted octanol–water partition coefficient (Wildman–Crippen LogP) is 3.83. The summed E-state index contributed by atoms with van der Waals surface area (Å²) in [5.74, 6) is 0.0705. The second kappa shape index (κ2) is 7.27. The number of carbonyl (C=O) groups excluding carboxylic acids is 1. The molecule has 4 heteroatoms. The largest absolute Gasteiger partial charge is 0.376 e. The van der Waals surface area contributed by atoms with Gasteiger partial charge in [-0.25, -0.2) is 0 Å². The summed E-state index contributed by atoms with van der Waals surface area (Å²) < 4.78 is 1.04. The summed E-state index contributed by atoms with van der Waals surface area (Å²) in [6, 6.07) is 16.0. The highest BCUT2D eigenvalue weighted by atomic mass is 79.9. The van der Waals surface area contributed by atoms with E-state index in [0.29, 0.717) is 13.1 Å². The van der Waals surface area contributed by atoms with Gasteiger partial charge in [0.15, 0.2) is 0 Å². The molecule has 0 bridgehead atoms. The van der Waals surface area contributed by atoms with Crippen molar-refractivity contribution in [3.8, 4) is 0 Å². The Bertz CT molecular complexity index is 613. The lowest BCUT2D eigenvalue weighted by Gasteiger charge is -2.18. The van der Waals surface area contributed by atoms with Gasteiger partial charge in [-0.3, -0.25) is 4.79 Å². The molecule has 0 radical (unpaired) electrons. The number of halogens is 1. The molecule has 0 atom stereocenters. The molecule has 21 heavy (non-hydrogen) atoms. The van der Waals surface area contributed by atoms with Crippen LogP contribution >= 0.6 is 15.9 Å². The lowest BCUT2D eigenvalue weighted by Crippen LogP contribution is -2.31. The van der Waals surface area contributed by atoms with Crippen LogP contribution in [0.3, 0.4) is 0 Å². The quantitative estimate of drug-likeness (QED) is 0.892. The molecule has 0 fully saturated rings. The van der Waals surface area contributed by atoms with Crippen molar-refractivity contribution in [2.45, 2.75) is 13.5 Å². The lowest BCUT2D eigenvalue weighted by atomic mass is 10.2. The van der Waals surface area contributed by atoms with Crippen LogP contribution in [0.1, 0.15) is 11.1 Å². The molecular weight excluding hydrogens is 328 g/mol. The van der Waals surface area contributed by atoms with Crippen LogP contribution in [-0.4, -0.2) is 24.4 Å². The molecule has 0 aliphatic heterocycles. The molecule has 0 saturated heterocycles. The van der Waals surface area contributed by atoms with Crippen LogP contribution in [0.2, 0.25) is 0 Å². The van der Waals surface area contributed by atoms with Gasteiger partial charge >= 0.3 is 0 Å². The highest BCUT2D eigenvalue weighted by Gasteiger charge is 2.09. The smallest absolute Gasteiger partial charge is 0.241 e. The van der Waals surface area contributed by atoms with Crippen molar-refractivity contribution in [1.82, 2.24) is 4.90 Å². The van der Waals surface area contributed by atoms with Crippen molar-refractivity contribution in [3.63, 3.8) is 0 Å². The summed E-state index contributed by atoms with van der Waals surface area (Å²) in [6.45, 7) is 2.94. The Labute approximate surface area is 134 Å². The molecule has 0 heterocycles. The van der Waals surface area contributed by atoms with Gasteiger partial charge in [-0.2, -0.15) is 0 Å². The third-order valence-electron chi connectivity index (χ3n) is 3.31. The van der Waals surface area contributed by atoms with Crippen LogP contribution in [0.25, 0.3) is 0 Å². The summed E-state index contributed by atoms with van der Waals surface area (Å²) in [4.78, 5) is 13.9. The number of amides is 1. The zero-order valence-electron chi connectivity index (χ0n) is 12.3. The van der Waals surface area contributed by atoms with Gasteiger partial charge in [0.2, 0.25) is 5.91 Å². The fraction of sp³-hybridized carbons (Fsp3) is 0.235. The second-order valence-electron chi connectivity index (χ2n) is 5.05. The molecule has 1 N–H and O–H groups in total. The molecule has 0 aliphatic rings. The van der Waals surface area contributed by atoms with E-state index in [2.05, 4.69) is 21.2 Å². The highest BCUT2D eigenvalue weighted by Crippen LogP contribution is 2.19. The Morgan fingerprint density at radius 3 is 2.57 bits per heavy atom. The van der Waals surface area contributed by atoms with Gasteiger partial charge in [0.25, 0.3) is 0 Å². The third kappa shape index (κ3) is 4.60. The van der Waals surface area contributed by atoms with E-state index in [0.717, 1.165) is 21.3 Å². The maximum absolute atomic E-state index is 12.2. The fourth-order valence-electron chi connectivity index (χ4n) is 2.08. The monoisotopic (exact) mass is 346 g/mol. The molecule has 1 amide bonds. The van der Waals surface area contributed by atoms with Crippen LogP contribution < -0.4 is 5.32 Å². The Balaban J connectivity index is 1.89. The Hall–Kier alpha value is -1.81. The van der Waals surface area contributed by atoms with Crippen molar-refractivity contribution < 1.29 is 4.79 Å². The first-order valence-corrected chi connectivity index (χ1v) is 7.63. The average Bonchev–Trinajstić information content (AvgIpc) is 2.47. The standard InChI is InChI=1S/C17H19BrN2O/c1-13-10-15(18)8-9-16(13)19-11-17(21)20(2)12-14-6-4-3-5-7-14/h3-10,19H,11-12H2,1-2H3. The molecule has 2 aromatic rings. The average molecular weight is 347 g/mol. The van der Waals surface area contributed by atoms with E-state index in [1.807, 2.05) is 62.5 Å². The Kier molecular flexibility index (Phi) is 5.39. The van der Waals surface area contributed by atoms with E-state index in [1.165, 1.54) is 0 Å². The maximum Gasteiger partial charge on any atom is 0.241 e. The van der Waals surface area contributed by atoms with Crippen molar-refractivity contribution in [3.05, 3.63) is 64.1 Å². The van der Waals surface area contributed by atoms with Crippen LogP contribution in [0.5, 0.6) is 0 Å². The summed E-state index contributed by atoms with van der Waals surface area (Å²) >= 11 is 3.43. The summed E-state index contributed by atoms with van der Waals surface area (Å²) in [6.07, 6.45) is 0. The molecule has 0 aliphatic carbocycles. The van der Waals surface area contributed by atoms with Gasteiger partial charge in [0.05, 0.1) is 6.54 Å². The van der Waals surface area contributed by atoms with Gasteiger partial charge in [-0.15, -0.1) is 0 Å². The van der Waals surface area contributed by atoms with E-state index in [1.54, 1.807) is 4.90 Å². The highest BCUT2D eigenvalue weighted by molar-refractivity contribution is 9.10. The van der Waals surface area contributed by atoms with Gasteiger partial charge in [-0.05, 0) is 36.2 Å². The van der Waals surface area contributed by atoms with E-state index in [4.69, 9.17) is 0 Å². The zero-order valence-corrected chi connectivity index (χ0v) is 13.9. The van der Waals surface area contributed by atoms with Crippen molar-refractivity contribution in [1.29, 1.82) is 0 Å². The number of benzene rings is 2. The van der Waals surface area contributed by atoms with E-state index >= 15 is 0 Å². The maximum atomic E-state index is 12.2. The van der Waals surface area contributed by atoms with Crippen LogP contribution in [-0.2, 0) is 11.3 Å². The van der Waals surface area contributed by atoms with Crippen molar-refractivity contribution in [2.24, 2.45) is 0 Å². The second-order valence-corrected chi connectivity index (χ2v) is 5.96. The van der Waals surface area contributed by atoms with Crippen LogP contribution in [0.15, 0.2) is 53.0 Å². The number of nitrogens with one attached hydrogen (secondary N) is 1. The minimum atomic E-state index is 0.0705. The molecule has 0 aromatic heterocycles. The molecule has 2 rings (SSSR count). The van der Waals surface area contributed by atoms with Gasteiger partial charge < -0.3 is 10.2 Å². The third-order valence-corrected chi connectivity index (χ3v) is 3.80.